The van der Waals surface area contributed by atoms with Gasteiger partial charge in [0.1, 0.15) is 0 Å². The maximum Gasteiger partial charge on any atom is 0.0822 e. The third kappa shape index (κ3) is 27.4. The van der Waals surface area contributed by atoms with Crippen molar-refractivity contribution in [1.82, 2.24) is 0 Å². The summed E-state index contributed by atoms with van der Waals surface area (Å²) in [6.07, 6.45) is 31.1. The van der Waals surface area contributed by atoms with Crippen LogP contribution in [0.1, 0.15) is 116 Å². The molecule has 0 amide bonds. The quantitative estimate of drug-likeness (QED) is 0.0692. The van der Waals surface area contributed by atoms with Crippen molar-refractivity contribution in [3.63, 3.8) is 0 Å². The second-order valence-electron chi connectivity index (χ2n) is 7.94. The van der Waals surface area contributed by atoms with Crippen molar-refractivity contribution >= 4 is 0 Å². The highest BCUT2D eigenvalue weighted by molar-refractivity contribution is 4.82. The van der Waals surface area contributed by atoms with Gasteiger partial charge in [0.15, 0.2) is 0 Å². The first-order valence-corrected chi connectivity index (χ1v) is 12.4. The van der Waals surface area contributed by atoms with Gasteiger partial charge in [-0.1, -0.05) is 89.0 Å². The van der Waals surface area contributed by atoms with Crippen LogP contribution in [0.2, 0.25) is 0 Å². The van der Waals surface area contributed by atoms with E-state index in [9.17, 15) is 0 Å². The Kier molecular flexibility index (Phi) is 26.8. The number of ether oxygens (including phenoxy) is 1. The first-order valence-electron chi connectivity index (χ1n) is 12.4. The second kappa shape index (κ2) is 27.4. The van der Waals surface area contributed by atoms with E-state index in [0.29, 0.717) is 6.61 Å². The largest absolute Gasteiger partial charge is 0.381 e. The molecule has 0 heterocycles. The van der Waals surface area contributed by atoms with E-state index in [-0.39, 0.29) is 0 Å². The Morgan fingerprint density at radius 2 is 0.966 bits per heavy atom. The van der Waals surface area contributed by atoms with Gasteiger partial charge in [0.05, 0.1) is 20.3 Å². The summed E-state index contributed by atoms with van der Waals surface area (Å²) in [5.41, 5.74) is 0. The van der Waals surface area contributed by atoms with E-state index < -0.39 is 0 Å². The molecule has 3 nitrogen and oxygen atoms in total. The molecule has 0 aromatic heterocycles. The van der Waals surface area contributed by atoms with Gasteiger partial charge < -0.3 is 4.74 Å². The van der Waals surface area contributed by atoms with Gasteiger partial charge in [-0.25, -0.2) is 9.78 Å². The van der Waals surface area contributed by atoms with E-state index in [1.54, 1.807) is 7.11 Å². The van der Waals surface area contributed by atoms with Gasteiger partial charge in [0, 0.05) is 6.61 Å². The molecule has 0 aromatic carbocycles. The summed E-state index contributed by atoms with van der Waals surface area (Å²) >= 11 is 0. The number of rotatable bonds is 24. The molecule has 0 atom stereocenters. The Morgan fingerprint density at radius 1 is 0.483 bits per heavy atom. The first kappa shape index (κ1) is 28.4. The van der Waals surface area contributed by atoms with Crippen LogP contribution >= 0.6 is 0 Å². The molecular formula is C26H50O3. The lowest BCUT2D eigenvalue weighted by Crippen LogP contribution is -1.96. The van der Waals surface area contributed by atoms with E-state index in [1.807, 2.05) is 0 Å². The molecule has 0 aliphatic carbocycles. The maximum atomic E-state index is 5.70. The molecule has 0 saturated carbocycles. The molecule has 0 fully saturated rings. The molecule has 3 heteroatoms. The minimum Gasteiger partial charge on any atom is -0.381 e. The highest BCUT2D eigenvalue weighted by Gasteiger charge is 1.93. The zero-order valence-electron chi connectivity index (χ0n) is 19.7. The van der Waals surface area contributed by atoms with Crippen molar-refractivity contribution in [2.75, 3.05) is 26.9 Å². The Balaban J connectivity index is 3.10. The lowest BCUT2D eigenvalue weighted by molar-refractivity contribution is -0.272. The Bertz CT molecular complexity index is 339. The van der Waals surface area contributed by atoms with Crippen LogP contribution in [0, 0.1) is 0 Å². The zero-order valence-corrected chi connectivity index (χ0v) is 19.7. The number of hydrogen-bond donors (Lipinski definition) is 0. The summed E-state index contributed by atoms with van der Waals surface area (Å²) in [5, 5.41) is 0. The van der Waals surface area contributed by atoms with Crippen LogP contribution in [0.3, 0.4) is 0 Å². The lowest BCUT2D eigenvalue weighted by Gasteiger charge is -2.03. The van der Waals surface area contributed by atoms with Gasteiger partial charge >= 0.3 is 0 Å². The highest BCUT2D eigenvalue weighted by Crippen LogP contribution is 2.10. The van der Waals surface area contributed by atoms with E-state index >= 15 is 0 Å². The molecule has 172 valence electrons. The Hall–Kier alpha value is -0.640. The van der Waals surface area contributed by atoms with E-state index in [2.05, 4.69) is 36.1 Å². The van der Waals surface area contributed by atoms with Crippen LogP contribution in [0.5, 0.6) is 0 Å². The molecule has 0 N–H and O–H groups in total. The van der Waals surface area contributed by atoms with Crippen molar-refractivity contribution in [3.8, 4) is 0 Å². The van der Waals surface area contributed by atoms with Gasteiger partial charge in [-0.2, -0.15) is 0 Å². The van der Waals surface area contributed by atoms with Crippen molar-refractivity contribution in [1.29, 1.82) is 0 Å². The maximum absolute atomic E-state index is 5.70. The van der Waals surface area contributed by atoms with Crippen molar-refractivity contribution < 1.29 is 14.5 Å². The molecule has 0 aromatic rings. The predicted octanol–water partition coefficient (Wildman–Crippen LogP) is 8.35. The highest BCUT2D eigenvalue weighted by atomic mass is 17.2. The number of hydrogen-bond acceptors (Lipinski definition) is 3. The summed E-state index contributed by atoms with van der Waals surface area (Å²) in [7, 11) is 1.56. The van der Waals surface area contributed by atoms with Crippen molar-refractivity contribution in [2.45, 2.75) is 116 Å². The average Bonchev–Trinajstić information content (AvgIpc) is 2.74. The van der Waals surface area contributed by atoms with Gasteiger partial charge in [-0.3, -0.25) is 0 Å². The SMILES string of the molecule is CCCC/C=C/CCCCCCCC/C=C/CCOCCCCCCCOOC. The summed E-state index contributed by atoms with van der Waals surface area (Å²) < 4.78 is 5.70. The lowest BCUT2D eigenvalue weighted by atomic mass is 10.1. The van der Waals surface area contributed by atoms with Crippen LogP contribution in [0.25, 0.3) is 0 Å². The predicted molar refractivity (Wildman–Crippen MR) is 126 cm³/mol. The topological polar surface area (TPSA) is 27.7 Å². The smallest absolute Gasteiger partial charge is 0.0822 e. The van der Waals surface area contributed by atoms with E-state index in [0.717, 1.165) is 26.1 Å². The molecule has 0 radical (unpaired) electrons. The molecule has 0 rings (SSSR count). The molecule has 0 aliphatic rings. The van der Waals surface area contributed by atoms with Crippen LogP contribution in [0.4, 0.5) is 0 Å². The van der Waals surface area contributed by atoms with Crippen LogP contribution in [-0.4, -0.2) is 26.9 Å². The van der Waals surface area contributed by atoms with E-state index in [4.69, 9.17) is 9.62 Å². The fourth-order valence-corrected chi connectivity index (χ4v) is 3.26. The Morgan fingerprint density at radius 3 is 1.55 bits per heavy atom. The number of allylic oxidation sites excluding steroid dienone is 3. The molecule has 0 saturated heterocycles. The van der Waals surface area contributed by atoms with Gasteiger partial charge in [0.25, 0.3) is 0 Å². The van der Waals surface area contributed by atoms with Gasteiger partial charge in [-0.05, 0) is 51.4 Å². The minimum atomic E-state index is 0.705. The molecule has 0 spiro atoms. The van der Waals surface area contributed by atoms with Crippen molar-refractivity contribution in [3.05, 3.63) is 24.3 Å². The molecule has 0 bridgehead atoms. The first-order chi connectivity index (χ1) is 14.4. The average molecular weight is 411 g/mol. The molecule has 0 unspecified atom stereocenters. The third-order valence-corrected chi connectivity index (χ3v) is 5.11. The zero-order chi connectivity index (χ0) is 21.1. The second-order valence-corrected chi connectivity index (χ2v) is 7.94. The number of unbranched alkanes of at least 4 members (excludes halogenated alkanes) is 13. The standard InChI is InChI=1S/C26H50O3/c1-3-4-5-6-7-8-9-10-11-12-13-14-15-16-18-21-24-28-25-22-19-17-20-23-26-29-27-2/h6-7,16,18H,3-5,8-15,17,19-26H2,1-2H3/b7-6+,18-16+. The van der Waals surface area contributed by atoms with E-state index in [1.165, 1.54) is 96.3 Å². The van der Waals surface area contributed by atoms with Gasteiger partial charge in [0.2, 0.25) is 0 Å². The van der Waals surface area contributed by atoms with Crippen molar-refractivity contribution in [2.24, 2.45) is 0 Å². The summed E-state index contributed by atoms with van der Waals surface area (Å²) in [5.74, 6) is 0. The fourth-order valence-electron chi connectivity index (χ4n) is 3.26. The van der Waals surface area contributed by atoms with Crippen LogP contribution in [0.15, 0.2) is 24.3 Å². The fraction of sp³-hybridized carbons (Fsp3) is 0.846. The normalized spacial score (nSPS) is 11.9. The Labute approximate surface area is 182 Å². The molecule has 0 aliphatic heterocycles. The van der Waals surface area contributed by atoms with Gasteiger partial charge in [-0.15, -0.1) is 0 Å². The van der Waals surface area contributed by atoms with Crippen LogP contribution in [-0.2, 0) is 14.5 Å². The third-order valence-electron chi connectivity index (χ3n) is 5.11. The molecular weight excluding hydrogens is 360 g/mol. The minimum absolute atomic E-state index is 0.705. The molecule has 29 heavy (non-hydrogen) atoms. The summed E-state index contributed by atoms with van der Waals surface area (Å²) in [6, 6.07) is 0. The monoisotopic (exact) mass is 410 g/mol. The summed E-state index contributed by atoms with van der Waals surface area (Å²) in [6.45, 7) is 4.73. The summed E-state index contributed by atoms with van der Waals surface area (Å²) in [4.78, 5) is 9.42. The van der Waals surface area contributed by atoms with Crippen LogP contribution < -0.4 is 0 Å².